The summed E-state index contributed by atoms with van der Waals surface area (Å²) in [4.78, 5) is 0. The molecular weight excluding hydrogens is 86.9 g/mol. The van der Waals surface area contributed by atoms with E-state index in [0.29, 0.717) is 0 Å². The van der Waals surface area contributed by atoms with E-state index in [4.69, 9.17) is 5.02 Å². The van der Waals surface area contributed by atoms with Crippen molar-refractivity contribution in [3.63, 3.8) is 0 Å². The molecule has 7 heavy (non-hydrogen) atoms. The minimum atomic E-state index is 0.750. The van der Waals surface area contributed by atoms with Crippen molar-refractivity contribution in [1.29, 1.82) is 0 Å². The average molecular weight is 94.9 g/mol. The zero-order chi connectivity index (χ0) is 5.70. The molecule has 0 fully saturated rings. The van der Waals surface area contributed by atoms with Gasteiger partial charge in [0.1, 0.15) is 0 Å². The SMILES string of the molecule is C=CC([B]O)=CC. The monoisotopic (exact) mass is 95.1 g/mol. The van der Waals surface area contributed by atoms with Gasteiger partial charge in [0, 0.05) is 0 Å². The second-order valence-corrected chi connectivity index (χ2v) is 1.12. The summed E-state index contributed by atoms with van der Waals surface area (Å²) < 4.78 is 0. The van der Waals surface area contributed by atoms with Crippen molar-refractivity contribution < 1.29 is 5.02 Å². The number of rotatable bonds is 2. The predicted octanol–water partition coefficient (Wildman–Crippen LogP) is 0.688. The zero-order valence-electron chi connectivity index (χ0n) is 4.39. The van der Waals surface area contributed by atoms with Crippen LogP contribution in [0.2, 0.25) is 0 Å². The molecule has 1 N–H and O–H groups in total. The maximum absolute atomic E-state index is 8.26. The number of allylic oxidation sites excluding steroid dienone is 3. The van der Waals surface area contributed by atoms with E-state index in [1.165, 1.54) is 0 Å². The number of hydrogen-bond acceptors (Lipinski definition) is 1. The van der Waals surface area contributed by atoms with E-state index < -0.39 is 0 Å². The molecule has 0 saturated heterocycles. The standard InChI is InChI=1S/C5H8BO/c1-3-5(4-2)6-7/h3-4,7H,1H2,2H3. The van der Waals surface area contributed by atoms with Gasteiger partial charge in [-0.15, -0.1) is 0 Å². The van der Waals surface area contributed by atoms with Crippen LogP contribution in [-0.2, 0) is 0 Å². The number of hydrogen-bond donors (Lipinski definition) is 1. The molecule has 1 nitrogen and oxygen atoms in total. The van der Waals surface area contributed by atoms with Gasteiger partial charge < -0.3 is 5.02 Å². The van der Waals surface area contributed by atoms with Crippen LogP contribution in [0, 0.1) is 0 Å². The topological polar surface area (TPSA) is 20.2 Å². The Balaban J connectivity index is 3.60. The highest BCUT2D eigenvalue weighted by Crippen LogP contribution is 1.87. The van der Waals surface area contributed by atoms with Crippen LogP contribution in [0.4, 0.5) is 0 Å². The van der Waals surface area contributed by atoms with E-state index in [1.54, 1.807) is 12.2 Å². The van der Waals surface area contributed by atoms with Gasteiger partial charge in [-0.25, -0.2) is 0 Å². The lowest BCUT2D eigenvalue weighted by Gasteiger charge is -1.84. The first-order valence-corrected chi connectivity index (χ1v) is 2.11. The van der Waals surface area contributed by atoms with Crippen LogP contribution >= 0.6 is 0 Å². The van der Waals surface area contributed by atoms with E-state index in [1.807, 2.05) is 6.92 Å². The van der Waals surface area contributed by atoms with Crippen molar-refractivity contribution in [2.24, 2.45) is 0 Å². The second kappa shape index (κ2) is 3.69. The van der Waals surface area contributed by atoms with Crippen molar-refractivity contribution in [3.8, 4) is 0 Å². The van der Waals surface area contributed by atoms with Crippen LogP contribution in [0.3, 0.4) is 0 Å². The fourth-order valence-corrected chi connectivity index (χ4v) is 0.245. The van der Waals surface area contributed by atoms with Gasteiger partial charge in [0.25, 0.3) is 0 Å². The van der Waals surface area contributed by atoms with Crippen LogP contribution in [0.5, 0.6) is 0 Å². The highest BCUT2D eigenvalue weighted by atomic mass is 16.2. The van der Waals surface area contributed by atoms with Crippen LogP contribution in [0.15, 0.2) is 24.2 Å². The summed E-state index contributed by atoms with van der Waals surface area (Å²) in [5.74, 6) is 0. The molecule has 37 valence electrons. The largest absolute Gasteiger partial charge is 0.450 e. The van der Waals surface area contributed by atoms with E-state index in [-0.39, 0.29) is 0 Å². The summed E-state index contributed by atoms with van der Waals surface area (Å²) in [7, 11) is 1.02. The fraction of sp³-hybridized carbons (Fsp3) is 0.200. The van der Waals surface area contributed by atoms with E-state index >= 15 is 0 Å². The molecule has 0 aromatic heterocycles. The Hall–Kier alpha value is -0.495. The molecule has 0 aliphatic heterocycles. The van der Waals surface area contributed by atoms with Gasteiger partial charge in [-0.05, 0) is 6.92 Å². The Bertz CT molecular complexity index is 86.1. The summed E-state index contributed by atoms with van der Waals surface area (Å²) in [6.07, 6.45) is 3.35. The van der Waals surface area contributed by atoms with Crippen molar-refractivity contribution in [2.75, 3.05) is 0 Å². The third-order valence-electron chi connectivity index (χ3n) is 0.718. The van der Waals surface area contributed by atoms with Gasteiger partial charge in [0.15, 0.2) is 0 Å². The Labute approximate surface area is 44.6 Å². The van der Waals surface area contributed by atoms with Crippen LogP contribution in [0.25, 0.3) is 0 Å². The lowest BCUT2D eigenvalue weighted by atomic mass is 9.88. The van der Waals surface area contributed by atoms with Crippen LogP contribution < -0.4 is 0 Å². The molecule has 0 spiro atoms. The molecule has 0 heterocycles. The fourth-order valence-electron chi connectivity index (χ4n) is 0.245. The Kier molecular flexibility index (Phi) is 3.43. The molecule has 0 aromatic carbocycles. The van der Waals surface area contributed by atoms with Crippen LogP contribution in [-0.4, -0.2) is 12.5 Å². The van der Waals surface area contributed by atoms with Crippen molar-refractivity contribution in [2.45, 2.75) is 6.92 Å². The van der Waals surface area contributed by atoms with Crippen molar-refractivity contribution in [1.82, 2.24) is 0 Å². The molecule has 0 aromatic rings. The summed E-state index contributed by atoms with van der Waals surface area (Å²) in [5.41, 5.74) is 0.750. The Morgan fingerprint density at radius 1 is 1.86 bits per heavy atom. The molecular formula is C5H8BO. The molecule has 1 radical (unpaired) electrons. The molecule has 0 aliphatic rings. The molecule has 0 unspecified atom stereocenters. The summed E-state index contributed by atoms with van der Waals surface area (Å²) in [5, 5.41) is 8.26. The smallest absolute Gasteiger partial charge is 0.326 e. The molecule has 0 amide bonds. The van der Waals surface area contributed by atoms with E-state index in [9.17, 15) is 0 Å². The molecule has 2 heteroatoms. The predicted molar refractivity (Wildman–Crippen MR) is 31.9 cm³/mol. The maximum Gasteiger partial charge on any atom is 0.326 e. The van der Waals surface area contributed by atoms with Gasteiger partial charge in [0.05, 0.1) is 0 Å². The summed E-state index contributed by atoms with van der Waals surface area (Å²) in [6, 6.07) is 0. The van der Waals surface area contributed by atoms with Gasteiger partial charge in [-0.1, -0.05) is 24.2 Å². The Morgan fingerprint density at radius 3 is 2.43 bits per heavy atom. The van der Waals surface area contributed by atoms with E-state index in [0.717, 1.165) is 13.0 Å². The minimum Gasteiger partial charge on any atom is -0.450 e. The lowest BCUT2D eigenvalue weighted by Crippen LogP contribution is -1.88. The molecule has 0 bridgehead atoms. The first-order valence-electron chi connectivity index (χ1n) is 2.11. The highest BCUT2D eigenvalue weighted by molar-refractivity contribution is 6.37. The van der Waals surface area contributed by atoms with Gasteiger partial charge >= 0.3 is 7.48 Å². The normalized spacial score (nSPS) is 10.9. The highest BCUT2D eigenvalue weighted by Gasteiger charge is 1.84. The first-order chi connectivity index (χ1) is 3.35. The third-order valence-corrected chi connectivity index (χ3v) is 0.718. The Morgan fingerprint density at radius 2 is 2.43 bits per heavy atom. The van der Waals surface area contributed by atoms with Gasteiger partial charge in [-0.2, -0.15) is 0 Å². The molecule has 0 saturated carbocycles. The van der Waals surface area contributed by atoms with Gasteiger partial charge in [-0.3, -0.25) is 0 Å². The maximum atomic E-state index is 8.26. The minimum absolute atomic E-state index is 0.750. The quantitative estimate of drug-likeness (QED) is 0.395. The second-order valence-electron chi connectivity index (χ2n) is 1.12. The van der Waals surface area contributed by atoms with E-state index in [2.05, 4.69) is 6.58 Å². The van der Waals surface area contributed by atoms with Crippen LogP contribution in [0.1, 0.15) is 6.92 Å². The third kappa shape index (κ3) is 2.23. The summed E-state index contributed by atoms with van der Waals surface area (Å²) in [6.45, 7) is 5.28. The molecule has 0 aliphatic carbocycles. The average Bonchev–Trinajstić information content (AvgIpc) is 1.72. The summed E-state index contributed by atoms with van der Waals surface area (Å²) >= 11 is 0. The van der Waals surface area contributed by atoms with Crippen molar-refractivity contribution >= 4 is 7.48 Å². The zero-order valence-corrected chi connectivity index (χ0v) is 4.39. The van der Waals surface area contributed by atoms with Crippen molar-refractivity contribution in [3.05, 3.63) is 24.2 Å². The lowest BCUT2D eigenvalue weighted by molar-refractivity contribution is 0.612. The first kappa shape index (κ1) is 6.50. The molecule has 0 rings (SSSR count). The van der Waals surface area contributed by atoms with Gasteiger partial charge in [0.2, 0.25) is 0 Å². The molecule has 0 atom stereocenters.